The molecule has 5 heterocycles. The zero-order valence-electron chi connectivity index (χ0n) is 33.7. The quantitative estimate of drug-likeness (QED) is 0.175. The number of hydrogen-bond donors (Lipinski definition) is 1. The lowest BCUT2D eigenvalue weighted by atomic mass is 9.79. The van der Waals surface area contributed by atoms with Gasteiger partial charge in [0.25, 0.3) is 0 Å². The van der Waals surface area contributed by atoms with Crippen LogP contribution in [0, 0.1) is 0 Å². The van der Waals surface area contributed by atoms with E-state index in [0.29, 0.717) is 12.3 Å². The van der Waals surface area contributed by atoms with Gasteiger partial charge in [-0.15, -0.1) is 0 Å². The van der Waals surface area contributed by atoms with E-state index in [1.807, 2.05) is 30.6 Å². The SMILES string of the molecule is C1=C(C2=NC(c3cccnc3)=NC(c3cccnc3)N2)CC(c2ccccc2)C(n2c3ccccc3c3cc(-n4c5ccccc5c5ccccc54)ccc32)=C1c1ccccc1. The molecule has 0 radical (unpaired) electrons. The Balaban J connectivity index is 1.11. The minimum atomic E-state index is -0.380. The van der Waals surface area contributed by atoms with Gasteiger partial charge in [-0.3, -0.25) is 9.97 Å². The van der Waals surface area contributed by atoms with Crippen LogP contribution in [0.1, 0.15) is 40.8 Å². The van der Waals surface area contributed by atoms with Gasteiger partial charge in [0, 0.05) is 80.3 Å². The summed E-state index contributed by atoms with van der Waals surface area (Å²) in [7, 11) is 0. The molecular weight excluding hydrogens is 759 g/mol. The second-order valence-electron chi connectivity index (χ2n) is 15.9. The summed E-state index contributed by atoms with van der Waals surface area (Å²) < 4.78 is 4.94. The number of benzene rings is 6. The van der Waals surface area contributed by atoms with Crippen LogP contribution in [0.2, 0.25) is 0 Å². The predicted octanol–water partition coefficient (Wildman–Crippen LogP) is 12.3. The first-order valence-corrected chi connectivity index (χ1v) is 21.1. The summed E-state index contributed by atoms with van der Waals surface area (Å²) >= 11 is 0. The molecule has 294 valence electrons. The second kappa shape index (κ2) is 14.8. The van der Waals surface area contributed by atoms with E-state index < -0.39 is 0 Å². The Kier molecular flexibility index (Phi) is 8.55. The number of aliphatic imine (C=N–C) groups is 2. The Labute approximate surface area is 358 Å². The lowest BCUT2D eigenvalue weighted by molar-refractivity contribution is 0.665. The Morgan fingerprint density at radius 2 is 1.08 bits per heavy atom. The molecule has 2 unspecified atom stereocenters. The number of aromatic nitrogens is 4. The van der Waals surface area contributed by atoms with Gasteiger partial charge in [0.2, 0.25) is 0 Å². The number of nitrogens with one attached hydrogen (secondary N) is 1. The number of amidine groups is 2. The maximum atomic E-state index is 5.27. The van der Waals surface area contributed by atoms with Gasteiger partial charge in [0.15, 0.2) is 5.84 Å². The van der Waals surface area contributed by atoms with Crippen LogP contribution in [0.25, 0.3) is 60.6 Å². The number of allylic oxidation sites excluding steroid dienone is 3. The van der Waals surface area contributed by atoms with Crippen LogP contribution in [-0.2, 0) is 0 Å². The molecule has 7 heteroatoms. The largest absolute Gasteiger partial charge is 0.344 e. The summed E-state index contributed by atoms with van der Waals surface area (Å²) in [4.78, 5) is 19.2. The van der Waals surface area contributed by atoms with Crippen molar-refractivity contribution in [2.24, 2.45) is 9.98 Å². The minimum Gasteiger partial charge on any atom is -0.344 e. The van der Waals surface area contributed by atoms with Crippen molar-refractivity contribution in [1.29, 1.82) is 0 Å². The summed E-state index contributed by atoms with van der Waals surface area (Å²) in [5, 5.41) is 8.66. The first kappa shape index (κ1) is 35.8. The molecule has 1 aliphatic heterocycles. The molecule has 2 atom stereocenters. The van der Waals surface area contributed by atoms with E-state index in [-0.39, 0.29) is 12.1 Å². The van der Waals surface area contributed by atoms with E-state index in [2.05, 4.69) is 188 Å². The van der Waals surface area contributed by atoms with Crippen LogP contribution < -0.4 is 5.32 Å². The van der Waals surface area contributed by atoms with Crippen LogP contribution >= 0.6 is 0 Å². The van der Waals surface area contributed by atoms with Crippen molar-refractivity contribution >= 4 is 66.6 Å². The van der Waals surface area contributed by atoms with Gasteiger partial charge in [-0.1, -0.05) is 121 Å². The molecule has 1 N–H and O–H groups in total. The van der Waals surface area contributed by atoms with E-state index in [4.69, 9.17) is 9.98 Å². The Morgan fingerprint density at radius 1 is 0.500 bits per heavy atom. The first-order chi connectivity index (χ1) is 30.8. The number of pyridine rings is 2. The average Bonchev–Trinajstić information content (AvgIpc) is 3.87. The van der Waals surface area contributed by atoms with Gasteiger partial charge in [0.05, 0.1) is 22.1 Å². The van der Waals surface area contributed by atoms with E-state index in [1.54, 1.807) is 12.4 Å². The molecule has 7 nitrogen and oxygen atoms in total. The van der Waals surface area contributed by atoms with Crippen LogP contribution in [-0.4, -0.2) is 30.8 Å². The maximum Gasteiger partial charge on any atom is 0.160 e. The zero-order valence-corrected chi connectivity index (χ0v) is 33.7. The topological polar surface area (TPSA) is 72.4 Å². The summed E-state index contributed by atoms with van der Waals surface area (Å²) in [5.41, 5.74) is 13.5. The number of nitrogens with zero attached hydrogens (tertiary/aromatic N) is 6. The fourth-order valence-corrected chi connectivity index (χ4v) is 9.57. The summed E-state index contributed by atoms with van der Waals surface area (Å²) in [6, 6.07) is 63.0. The van der Waals surface area contributed by atoms with Gasteiger partial charge in [-0.25, -0.2) is 9.98 Å². The molecule has 0 spiro atoms. The summed E-state index contributed by atoms with van der Waals surface area (Å²) in [6.45, 7) is 0. The van der Waals surface area contributed by atoms with Crippen molar-refractivity contribution in [3.63, 3.8) is 0 Å². The second-order valence-corrected chi connectivity index (χ2v) is 15.9. The molecule has 10 aromatic rings. The highest BCUT2D eigenvalue weighted by Gasteiger charge is 2.33. The van der Waals surface area contributed by atoms with Crippen molar-refractivity contribution in [2.75, 3.05) is 0 Å². The molecule has 0 amide bonds. The maximum absolute atomic E-state index is 5.27. The molecule has 62 heavy (non-hydrogen) atoms. The number of rotatable bonds is 7. The molecule has 0 saturated carbocycles. The molecule has 2 aliphatic rings. The molecule has 0 saturated heterocycles. The van der Waals surface area contributed by atoms with Gasteiger partial charge in [0.1, 0.15) is 12.0 Å². The van der Waals surface area contributed by atoms with Crippen molar-refractivity contribution < 1.29 is 0 Å². The van der Waals surface area contributed by atoms with Crippen LogP contribution in [0.4, 0.5) is 0 Å². The average molecular weight is 798 g/mol. The summed E-state index contributed by atoms with van der Waals surface area (Å²) in [5.74, 6) is 1.39. The van der Waals surface area contributed by atoms with E-state index in [1.165, 1.54) is 49.4 Å². The molecule has 6 aromatic carbocycles. The fourth-order valence-electron chi connectivity index (χ4n) is 9.57. The summed E-state index contributed by atoms with van der Waals surface area (Å²) in [6.07, 6.45) is 9.95. The highest BCUT2D eigenvalue weighted by molar-refractivity contribution is 6.17. The standard InChI is InChI=1S/C55H39N7/c1-3-15-36(16-4-1)45-31-40(55-59-53(38-19-13-29-56-34-38)58-54(60-55)39-20-14-30-57-35-39)32-46(37-17-5-2-6-18-37)52(45)62-50-26-12-9-23-44(50)47-33-41(27-28-51(47)62)61-48-24-10-7-21-42(48)43-22-8-11-25-49(43)61/h1-31,33-35,46,53H,32H2,(H,58,59,60). The number of fused-ring (bicyclic) bond motifs is 6. The monoisotopic (exact) mass is 797 g/mol. The number of hydrogen-bond acceptors (Lipinski definition) is 5. The smallest absolute Gasteiger partial charge is 0.160 e. The Hall–Kier alpha value is -8.16. The Morgan fingerprint density at radius 3 is 1.76 bits per heavy atom. The molecule has 12 rings (SSSR count). The Bertz CT molecular complexity index is 3400. The predicted molar refractivity (Wildman–Crippen MR) is 254 cm³/mol. The third-order valence-corrected chi connectivity index (χ3v) is 12.3. The highest BCUT2D eigenvalue weighted by Crippen LogP contribution is 2.48. The normalized spacial score (nSPS) is 16.7. The fraction of sp³-hybridized carbons (Fsp3) is 0.0545. The zero-order chi connectivity index (χ0) is 41.0. The van der Waals surface area contributed by atoms with Crippen LogP contribution in [0.5, 0.6) is 0 Å². The molecule has 1 aliphatic carbocycles. The molecule has 0 bridgehead atoms. The lowest BCUT2D eigenvalue weighted by Gasteiger charge is -2.33. The molecule has 0 fully saturated rings. The number of para-hydroxylation sites is 3. The third-order valence-electron chi connectivity index (χ3n) is 12.3. The molecular formula is C55H39N7. The van der Waals surface area contributed by atoms with Crippen molar-refractivity contribution in [2.45, 2.75) is 18.5 Å². The van der Waals surface area contributed by atoms with Gasteiger partial charge < -0.3 is 14.5 Å². The van der Waals surface area contributed by atoms with Gasteiger partial charge in [-0.2, -0.15) is 0 Å². The molecule has 4 aromatic heterocycles. The van der Waals surface area contributed by atoms with Gasteiger partial charge >= 0.3 is 0 Å². The van der Waals surface area contributed by atoms with E-state index in [0.717, 1.165) is 44.9 Å². The third kappa shape index (κ3) is 5.97. The first-order valence-electron chi connectivity index (χ1n) is 21.1. The van der Waals surface area contributed by atoms with Crippen LogP contribution in [0.15, 0.2) is 222 Å². The highest BCUT2D eigenvalue weighted by atomic mass is 15.2. The van der Waals surface area contributed by atoms with Crippen molar-refractivity contribution in [1.82, 2.24) is 24.4 Å². The van der Waals surface area contributed by atoms with E-state index >= 15 is 0 Å². The van der Waals surface area contributed by atoms with Gasteiger partial charge in [-0.05, 0) is 83.8 Å². The lowest BCUT2D eigenvalue weighted by Crippen LogP contribution is -2.35. The van der Waals surface area contributed by atoms with Crippen molar-refractivity contribution in [3.8, 4) is 5.69 Å². The van der Waals surface area contributed by atoms with Crippen molar-refractivity contribution in [3.05, 3.63) is 235 Å². The minimum absolute atomic E-state index is 0.0375. The van der Waals surface area contributed by atoms with Crippen LogP contribution in [0.3, 0.4) is 0 Å². The van der Waals surface area contributed by atoms with E-state index in [9.17, 15) is 0 Å².